The van der Waals surface area contributed by atoms with Crippen molar-refractivity contribution in [3.63, 3.8) is 0 Å². The second-order valence-electron chi connectivity index (χ2n) is 3.91. The fourth-order valence-corrected chi connectivity index (χ4v) is 1.49. The third kappa shape index (κ3) is 3.51. The Bertz CT molecular complexity index is 332. The van der Waals surface area contributed by atoms with Crippen LogP contribution in [0.4, 0.5) is 0 Å². The van der Waals surface area contributed by atoms with Crippen LogP contribution in [0.15, 0.2) is 12.4 Å². The molecule has 0 bridgehead atoms. The van der Waals surface area contributed by atoms with Gasteiger partial charge >= 0.3 is 0 Å². The number of aromatic nitrogens is 2. The van der Waals surface area contributed by atoms with Crippen molar-refractivity contribution >= 4 is 17.3 Å². The number of nitrogens with one attached hydrogen (secondary N) is 1. The van der Waals surface area contributed by atoms with Gasteiger partial charge in [0, 0.05) is 32.5 Å². The molecule has 1 aromatic rings. The first kappa shape index (κ1) is 12.0. The number of aryl methyl sites for hydroxylation is 1. The zero-order chi connectivity index (χ0) is 11.4. The molecule has 5 heteroatoms. The van der Waals surface area contributed by atoms with Crippen LogP contribution in [0.1, 0.15) is 19.7 Å². The van der Waals surface area contributed by atoms with Crippen LogP contribution < -0.4 is 5.32 Å². The van der Waals surface area contributed by atoms with E-state index in [1.54, 1.807) is 6.20 Å². The SMILES string of the molecule is CC(C)NC(=S)N(C)Cc1nccn1C. The minimum atomic E-state index is 0.362. The molecule has 0 amide bonds. The van der Waals surface area contributed by atoms with Gasteiger partial charge in [-0.15, -0.1) is 0 Å². The number of thiocarbonyl (C=S) groups is 1. The highest BCUT2D eigenvalue weighted by atomic mass is 32.1. The minimum absolute atomic E-state index is 0.362. The molecule has 4 nitrogen and oxygen atoms in total. The van der Waals surface area contributed by atoms with Gasteiger partial charge in [-0.3, -0.25) is 0 Å². The van der Waals surface area contributed by atoms with E-state index in [9.17, 15) is 0 Å². The molecule has 0 radical (unpaired) electrons. The molecule has 84 valence electrons. The molecule has 1 rings (SSSR count). The predicted octanol–water partition coefficient (Wildman–Crippen LogP) is 1.13. The lowest BCUT2D eigenvalue weighted by Gasteiger charge is -2.22. The van der Waals surface area contributed by atoms with Gasteiger partial charge in [-0.05, 0) is 26.1 Å². The standard InChI is InChI=1S/C10H18N4S/c1-8(2)12-10(15)14(4)7-9-11-5-6-13(9)3/h5-6,8H,7H2,1-4H3,(H,12,15). The van der Waals surface area contributed by atoms with E-state index in [1.807, 2.05) is 29.8 Å². The van der Waals surface area contributed by atoms with Gasteiger partial charge in [0.25, 0.3) is 0 Å². The smallest absolute Gasteiger partial charge is 0.169 e. The summed E-state index contributed by atoms with van der Waals surface area (Å²) in [5.41, 5.74) is 0. The summed E-state index contributed by atoms with van der Waals surface area (Å²) >= 11 is 5.25. The van der Waals surface area contributed by atoms with Crippen LogP contribution in [0.2, 0.25) is 0 Å². The van der Waals surface area contributed by atoms with Crippen LogP contribution in [0.5, 0.6) is 0 Å². The molecule has 0 unspecified atom stereocenters. The number of hydrogen-bond acceptors (Lipinski definition) is 2. The normalized spacial score (nSPS) is 10.5. The fourth-order valence-electron chi connectivity index (χ4n) is 1.19. The zero-order valence-electron chi connectivity index (χ0n) is 9.69. The van der Waals surface area contributed by atoms with Crippen LogP contribution in [-0.2, 0) is 13.6 Å². The van der Waals surface area contributed by atoms with E-state index in [1.165, 1.54) is 0 Å². The van der Waals surface area contributed by atoms with Gasteiger partial charge in [-0.2, -0.15) is 0 Å². The molecule has 0 saturated heterocycles. The Morgan fingerprint density at radius 1 is 1.67 bits per heavy atom. The summed E-state index contributed by atoms with van der Waals surface area (Å²) < 4.78 is 1.99. The maximum atomic E-state index is 5.25. The van der Waals surface area contributed by atoms with Gasteiger partial charge in [0.2, 0.25) is 0 Å². The quantitative estimate of drug-likeness (QED) is 0.783. The Hall–Kier alpha value is -1.10. The molecular weight excluding hydrogens is 208 g/mol. The monoisotopic (exact) mass is 226 g/mol. The lowest BCUT2D eigenvalue weighted by molar-refractivity contribution is 0.458. The summed E-state index contributed by atoms with van der Waals surface area (Å²) in [6, 6.07) is 0.362. The summed E-state index contributed by atoms with van der Waals surface area (Å²) in [5.74, 6) is 1.01. The van der Waals surface area contributed by atoms with Crippen molar-refractivity contribution in [2.45, 2.75) is 26.4 Å². The average Bonchev–Trinajstić information content (AvgIpc) is 2.50. The number of nitrogens with zero attached hydrogens (tertiary/aromatic N) is 3. The lowest BCUT2D eigenvalue weighted by atomic mass is 10.4. The van der Waals surface area contributed by atoms with Crippen molar-refractivity contribution in [3.05, 3.63) is 18.2 Å². The van der Waals surface area contributed by atoms with Crippen LogP contribution in [0.25, 0.3) is 0 Å². The Balaban J connectivity index is 2.52. The van der Waals surface area contributed by atoms with Crippen LogP contribution in [0, 0.1) is 0 Å². The van der Waals surface area contributed by atoms with Crippen molar-refractivity contribution in [1.82, 2.24) is 19.8 Å². The third-order valence-corrected chi connectivity index (χ3v) is 2.49. The maximum Gasteiger partial charge on any atom is 0.169 e. The van der Waals surface area contributed by atoms with E-state index in [4.69, 9.17) is 12.2 Å². The van der Waals surface area contributed by atoms with Crippen molar-refractivity contribution in [1.29, 1.82) is 0 Å². The Labute approximate surface area is 96.3 Å². The molecule has 0 aliphatic rings. The molecule has 1 N–H and O–H groups in total. The zero-order valence-corrected chi connectivity index (χ0v) is 10.5. The second-order valence-corrected chi connectivity index (χ2v) is 4.30. The first-order chi connectivity index (χ1) is 7.00. The predicted molar refractivity (Wildman–Crippen MR) is 65.5 cm³/mol. The molecule has 0 spiro atoms. The molecule has 1 heterocycles. The molecule has 0 saturated carbocycles. The van der Waals surface area contributed by atoms with Gasteiger partial charge in [-0.25, -0.2) is 4.98 Å². The molecule has 0 atom stereocenters. The summed E-state index contributed by atoms with van der Waals surface area (Å²) in [6.07, 6.45) is 3.73. The van der Waals surface area contributed by atoms with Crippen molar-refractivity contribution in [2.75, 3.05) is 7.05 Å². The summed E-state index contributed by atoms with van der Waals surface area (Å²) in [7, 11) is 3.95. The highest BCUT2D eigenvalue weighted by Gasteiger charge is 2.08. The molecule has 0 aliphatic carbocycles. The highest BCUT2D eigenvalue weighted by molar-refractivity contribution is 7.80. The maximum absolute atomic E-state index is 5.25. The van der Waals surface area contributed by atoms with Gasteiger partial charge in [0.1, 0.15) is 5.82 Å². The van der Waals surface area contributed by atoms with E-state index in [0.717, 1.165) is 17.5 Å². The Kier molecular flexibility index (Phi) is 4.08. The van der Waals surface area contributed by atoms with Crippen LogP contribution >= 0.6 is 12.2 Å². The number of rotatable bonds is 3. The summed E-state index contributed by atoms with van der Waals surface area (Å²) in [5, 5.41) is 3.95. The summed E-state index contributed by atoms with van der Waals surface area (Å²) in [4.78, 5) is 6.23. The first-order valence-electron chi connectivity index (χ1n) is 4.98. The minimum Gasteiger partial charge on any atom is -0.360 e. The molecule has 0 aromatic carbocycles. The van der Waals surface area contributed by atoms with Crippen molar-refractivity contribution in [2.24, 2.45) is 7.05 Å². The van der Waals surface area contributed by atoms with E-state index in [-0.39, 0.29) is 0 Å². The Morgan fingerprint density at radius 3 is 2.80 bits per heavy atom. The molecule has 0 fully saturated rings. The van der Waals surface area contributed by atoms with Gasteiger partial charge in [-0.1, -0.05) is 0 Å². The fraction of sp³-hybridized carbons (Fsp3) is 0.600. The van der Waals surface area contributed by atoms with Gasteiger partial charge in [0.15, 0.2) is 5.11 Å². The van der Waals surface area contributed by atoms with E-state index < -0.39 is 0 Å². The van der Waals surface area contributed by atoms with Crippen molar-refractivity contribution in [3.8, 4) is 0 Å². The largest absolute Gasteiger partial charge is 0.360 e. The molecule has 15 heavy (non-hydrogen) atoms. The molecule has 1 aromatic heterocycles. The third-order valence-electron chi connectivity index (χ3n) is 2.06. The van der Waals surface area contributed by atoms with Gasteiger partial charge < -0.3 is 14.8 Å². The van der Waals surface area contributed by atoms with Crippen LogP contribution in [0.3, 0.4) is 0 Å². The van der Waals surface area contributed by atoms with E-state index >= 15 is 0 Å². The number of hydrogen-bond donors (Lipinski definition) is 1. The second kappa shape index (κ2) is 5.11. The molecule has 0 aliphatic heterocycles. The first-order valence-corrected chi connectivity index (χ1v) is 5.39. The van der Waals surface area contributed by atoms with Crippen LogP contribution in [-0.4, -0.2) is 32.7 Å². The lowest BCUT2D eigenvalue weighted by Crippen LogP contribution is -2.40. The highest BCUT2D eigenvalue weighted by Crippen LogP contribution is 1.99. The summed E-state index contributed by atoms with van der Waals surface area (Å²) in [6.45, 7) is 4.86. The van der Waals surface area contributed by atoms with Gasteiger partial charge in [0.05, 0.1) is 6.54 Å². The molecular formula is C10H18N4S. The Morgan fingerprint density at radius 2 is 2.33 bits per heavy atom. The van der Waals surface area contributed by atoms with E-state index in [0.29, 0.717) is 6.04 Å². The topological polar surface area (TPSA) is 33.1 Å². The average molecular weight is 226 g/mol. The van der Waals surface area contributed by atoms with E-state index in [2.05, 4.69) is 24.1 Å². The number of imidazole rings is 1. The van der Waals surface area contributed by atoms with Crippen molar-refractivity contribution < 1.29 is 0 Å².